The fourth-order valence-corrected chi connectivity index (χ4v) is 1.15. The van der Waals surface area contributed by atoms with Crippen molar-refractivity contribution >= 4 is 18.1 Å². The van der Waals surface area contributed by atoms with Crippen molar-refractivity contribution in [3.05, 3.63) is 29.6 Å². The Balaban J connectivity index is 2.84. The van der Waals surface area contributed by atoms with Gasteiger partial charge in [0.15, 0.2) is 6.29 Å². The fraction of sp³-hybridized carbons (Fsp3) is 0.333. The van der Waals surface area contributed by atoms with Gasteiger partial charge in [-0.15, -0.1) is 0 Å². The molecular formula is C12H14FNO3. The summed E-state index contributed by atoms with van der Waals surface area (Å²) in [4.78, 5) is 22.1. The molecule has 1 N–H and O–H groups in total. The minimum Gasteiger partial charge on any atom is -0.444 e. The van der Waals surface area contributed by atoms with Gasteiger partial charge in [-0.2, -0.15) is 0 Å². The molecule has 0 aliphatic heterocycles. The van der Waals surface area contributed by atoms with E-state index in [4.69, 9.17) is 4.74 Å². The minimum atomic E-state index is -0.730. The van der Waals surface area contributed by atoms with E-state index in [9.17, 15) is 14.0 Å². The van der Waals surface area contributed by atoms with Crippen LogP contribution in [-0.4, -0.2) is 18.0 Å². The number of anilines is 1. The average Bonchev–Trinajstić information content (AvgIpc) is 2.14. The Morgan fingerprint density at radius 1 is 1.41 bits per heavy atom. The van der Waals surface area contributed by atoms with Crippen LogP contribution in [0.3, 0.4) is 0 Å². The lowest BCUT2D eigenvalue weighted by molar-refractivity contribution is 0.0636. The molecule has 17 heavy (non-hydrogen) atoms. The second kappa shape index (κ2) is 4.95. The molecule has 0 aromatic heterocycles. The molecule has 0 fully saturated rings. The fourth-order valence-electron chi connectivity index (χ4n) is 1.15. The van der Waals surface area contributed by atoms with E-state index in [0.29, 0.717) is 6.29 Å². The molecule has 0 heterocycles. The monoisotopic (exact) mass is 239 g/mol. The molecule has 0 bridgehead atoms. The van der Waals surface area contributed by atoms with Gasteiger partial charge in [0.1, 0.15) is 11.4 Å². The maximum absolute atomic E-state index is 13.0. The van der Waals surface area contributed by atoms with Crippen LogP contribution in [0.1, 0.15) is 31.1 Å². The van der Waals surface area contributed by atoms with Gasteiger partial charge in [0.2, 0.25) is 0 Å². The first kappa shape index (κ1) is 13.2. The van der Waals surface area contributed by atoms with Crippen molar-refractivity contribution in [3.8, 4) is 0 Å². The molecular weight excluding hydrogens is 225 g/mol. The van der Waals surface area contributed by atoms with Crippen LogP contribution >= 0.6 is 0 Å². The zero-order valence-electron chi connectivity index (χ0n) is 9.91. The van der Waals surface area contributed by atoms with Crippen molar-refractivity contribution in [1.82, 2.24) is 0 Å². The van der Waals surface area contributed by atoms with Gasteiger partial charge in [0.05, 0.1) is 5.69 Å². The Hall–Kier alpha value is -1.91. The maximum Gasteiger partial charge on any atom is 0.412 e. The molecule has 0 unspecified atom stereocenters. The maximum atomic E-state index is 13.0. The predicted molar refractivity (Wildman–Crippen MR) is 61.6 cm³/mol. The number of nitrogens with one attached hydrogen (secondary N) is 1. The van der Waals surface area contributed by atoms with E-state index in [1.165, 1.54) is 6.07 Å². The molecule has 4 nitrogen and oxygen atoms in total. The lowest BCUT2D eigenvalue weighted by atomic mass is 10.2. The quantitative estimate of drug-likeness (QED) is 0.807. The van der Waals surface area contributed by atoms with Crippen molar-refractivity contribution in [1.29, 1.82) is 0 Å². The molecule has 0 spiro atoms. The number of rotatable bonds is 2. The highest BCUT2D eigenvalue weighted by Gasteiger charge is 2.17. The molecule has 1 rings (SSSR count). The number of amides is 1. The van der Waals surface area contributed by atoms with Crippen LogP contribution in [0, 0.1) is 5.82 Å². The Labute approximate surface area is 98.8 Å². The third-order valence-electron chi connectivity index (χ3n) is 1.78. The van der Waals surface area contributed by atoms with Gasteiger partial charge in [-0.25, -0.2) is 9.18 Å². The van der Waals surface area contributed by atoms with Crippen LogP contribution in [0.15, 0.2) is 18.2 Å². The van der Waals surface area contributed by atoms with Crippen molar-refractivity contribution < 1.29 is 18.7 Å². The Bertz CT molecular complexity index is 438. The minimum absolute atomic E-state index is 0.0919. The third-order valence-corrected chi connectivity index (χ3v) is 1.78. The molecule has 0 atom stereocenters. The van der Waals surface area contributed by atoms with Crippen LogP contribution in [-0.2, 0) is 4.74 Å². The summed E-state index contributed by atoms with van der Waals surface area (Å²) >= 11 is 0. The normalized spacial score (nSPS) is 10.8. The smallest absolute Gasteiger partial charge is 0.412 e. The molecule has 1 amide bonds. The molecule has 0 aliphatic carbocycles. The molecule has 1 aromatic carbocycles. The third kappa shape index (κ3) is 4.22. The van der Waals surface area contributed by atoms with Crippen LogP contribution in [0.5, 0.6) is 0 Å². The van der Waals surface area contributed by atoms with E-state index < -0.39 is 17.5 Å². The van der Waals surface area contributed by atoms with Crippen molar-refractivity contribution in [2.45, 2.75) is 26.4 Å². The number of ether oxygens (including phenoxy) is 1. The van der Waals surface area contributed by atoms with E-state index in [1.807, 2.05) is 0 Å². The highest BCUT2D eigenvalue weighted by Crippen LogP contribution is 2.17. The van der Waals surface area contributed by atoms with E-state index in [2.05, 4.69) is 5.32 Å². The van der Waals surface area contributed by atoms with E-state index in [0.717, 1.165) is 12.1 Å². The summed E-state index contributed by atoms with van der Waals surface area (Å²) < 4.78 is 18.0. The molecule has 0 radical (unpaired) electrons. The molecule has 0 aliphatic rings. The standard InChI is InChI=1S/C12H14FNO3/c1-12(2,3)17-11(16)14-10-6-9(13)5-4-8(10)7-15/h4-7H,1-3H3,(H,14,16). The Morgan fingerprint density at radius 2 is 2.06 bits per heavy atom. The number of benzene rings is 1. The lowest BCUT2D eigenvalue weighted by Gasteiger charge is -2.20. The van der Waals surface area contributed by atoms with E-state index in [-0.39, 0.29) is 11.3 Å². The summed E-state index contributed by atoms with van der Waals surface area (Å²) in [7, 11) is 0. The molecule has 5 heteroatoms. The van der Waals surface area contributed by atoms with Crippen molar-refractivity contribution in [2.75, 3.05) is 5.32 Å². The summed E-state index contributed by atoms with van der Waals surface area (Å²) in [6.45, 7) is 5.12. The number of halogens is 1. The molecule has 0 saturated carbocycles. The molecule has 1 aromatic rings. The first-order valence-corrected chi connectivity index (χ1v) is 5.06. The first-order chi connectivity index (χ1) is 7.81. The highest BCUT2D eigenvalue weighted by molar-refractivity contribution is 5.93. The molecule has 92 valence electrons. The van der Waals surface area contributed by atoms with Crippen molar-refractivity contribution in [3.63, 3.8) is 0 Å². The second-order valence-corrected chi connectivity index (χ2v) is 4.48. The van der Waals surface area contributed by atoms with E-state index >= 15 is 0 Å². The van der Waals surface area contributed by atoms with Crippen LogP contribution in [0.2, 0.25) is 0 Å². The van der Waals surface area contributed by atoms with Gasteiger partial charge < -0.3 is 4.74 Å². The molecule has 0 saturated heterocycles. The largest absolute Gasteiger partial charge is 0.444 e. The second-order valence-electron chi connectivity index (χ2n) is 4.48. The zero-order valence-corrected chi connectivity index (χ0v) is 9.91. The number of aldehydes is 1. The summed E-state index contributed by atoms with van der Waals surface area (Å²) in [5.41, 5.74) is -0.370. The van der Waals surface area contributed by atoms with Gasteiger partial charge in [-0.1, -0.05) is 0 Å². The average molecular weight is 239 g/mol. The number of carbonyl (C=O) groups excluding carboxylic acids is 2. The van der Waals surface area contributed by atoms with Crippen LogP contribution in [0.4, 0.5) is 14.9 Å². The first-order valence-electron chi connectivity index (χ1n) is 5.06. The summed E-state index contributed by atoms with van der Waals surface area (Å²) in [5, 5.41) is 2.33. The van der Waals surface area contributed by atoms with Crippen LogP contribution in [0.25, 0.3) is 0 Å². The van der Waals surface area contributed by atoms with Gasteiger partial charge in [-0.05, 0) is 39.0 Å². The summed E-state index contributed by atoms with van der Waals surface area (Å²) in [6.07, 6.45) is -0.196. The topological polar surface area (TPSA) is 55.4 Å². The zero-order chi connectivity index (χ0) is 13.1. The number of hydrogen-bond donors (Lipinski definition) is 1. The van der Waals surface area contributed by atoms with Gasteiger partial charge in [0.25, 0.3) is 0 Å². The SMILES string of the molecule is CC(C)(C)OC(=O)Nc1cc(F)ccc1C=O. The number of carbonyl (C=O) groups is 2. The van der Waals surface area contributed by atoms with Gasteiger partial charge in [0, 0.05) is 5.56 Å². The van der Waals surface area contributed by atoms with Crippen LogP contribution < -0.4 is 5.32 Å². The number of hydrogen-bond acceptors (Lipinski definition) is 3. The Morgan fingerprint density at radius 3 is 2.59 bits per heavy atom. The summed E-state index contributed by atoms with van der Waals surface area (Å²) in [5.74, 6) is -0.540. The van der Waals surface area contributed by atoms with Crippen molar-refractivity contribution in [2.24, 2.45) is 0 Å². The Kier molecular flexibility index (Phi) is 3.83. The van der Waals surface area contributed by atoms with Gasteiger partial charge in [-0.3, -0.25) is 10.1 Å². The van der Waals surface area contributed by atoms with Gasteiger partial charge >= 0.3 is 6.09 Å². The lowest BCUT2D eigenvalue weighted by Crippen LogP contribution is -2.27. The summed E-state index contributed by atoms with van der Waals surface area (Å²) in [6, 6.07) is 3.49. The highest BCUT2D eigenvalue weighted by atomic mass is 19.1. The predicted octanol–water partition coefficient (Wildman–Crippen LogP) is 2.99. The van der Waals surface area contributed by atoms with E-state index in [1.54, 1.807) is 20.8 Å².